The number of thiazole rings is 1. The summed E-state index contributed by atoms with van der Waals surface area (Å²) >= 11 is 1.47. The van der Waals surface area contributed by atoms with Gasteiger partial charge in [0.15, 0.2) is 0 Å². The Morgan fingerprint density at radius 3 is 2.76 bits per heavy atom. The van der Waals surface area contributed by atoms with Crippen molar-refractivity contribution >= 4 is 28.3 Å². The van der Waals surface area contributed by atoms with E-state index in [-0.39, 0.29) is 17.4 Å². The van der Waals surface area contributed by atoms with Gasteiger partial charge in [0.25, 0.3) is 5.91 Å². The van der Waals surface area contributed by atoms with Gasteiger partial charge in [-0.3, -0.25) is 9.48 Å². The Balaban J connectivity index is 1.29. The molecule has 188 valence electrons. The predicted molar refractivity (Wildman–Crippen MR) is 145 cm³/mol. The highest BCUT2D eigenvalue weighted by Gasteiger charge is 2.26. The highest BCUT2D eigenvalue weighted by atomic mass is 32.1. The molecule has 9 heteroatoms. The largest absolute Gasteiger partial charge is 0.351 e. The topological polar surface area (TPSA) is 101 Å². The summed E-state index contributed by atoms with van der Waals surface area (Å²) < 4.78 is 1.78. The van der Waals surface area contributed by atoms with Crippen molar-refractivity contribution in [3.63, 3.8) is 0 Å². The fourth-order valence-corrected chi connectivity index (χ4v) is 5.82. The lowest BCUT2D eigenvalue weighted by atomic mass is 9.86. The van der Waals surface area contributed by atoms with Gasteiger partial charge in [0.2, 0.25) is 0 Å². The molecule has 0 bridgehead atoms. The summed E-state index contributed by atoms with van der Waals surface area (Å²) in [5, 5.41) is 8.51. The Morgan fingerprint density at radius 1 is 1.14 bits per heavy atom. The Bertz CT molecular complexity index is 1620. The fraction of sp³-hybridized carbons (Fsp3) is 0.321. The van der Waals surface area contributed by atoms with Crippen molar-refractivity contribution in [2.45, 2.75) is 51.5 Å². The molecule has 0 radical (unpaired) electrons. The number of hydrogen-bond donors (Lipinski definition) is 2. The molecule has 0 saturated carbocycles. The molecule has 0 fully saturated rings. The van der Waals surface area contributed by atoms with Gasteiger partial charge in [-0.1, -0.05) is 32.9 Å². The molecule has 1 atom stereocenters. The first-order valence-corrected chi connectivity index (χ1v) is 13.3. The van der Waals surface area contributed by atoms with E-state index in [1.807, 2.05) is 25.5 Å². The third-order valence-corrected chi connectivity index (χ3v) is 8.26. The van der Waals surface area contributed by atoms with Gasteiger partial charge in [-0.05, 0) is 42.5 Å². The smallest absolute Gasteiger partial charge is 0.263 e. The molecular weight excluding hydrogens is 482 g/mol. The van der Waals surface area contributed by atoms with E-state index in [1.165, 1.54) is 22.5 Å². The van der Waals surface area contributed by atoms with E-state index in [0.29, 0.717) is 4.88 Å². The van der Waals surface area contributed by atoms with E-state index >= 15 is 0 Å². The van der Waals surface area contributed by atoms with Gasteiger partial charge in [-0.25, -0.2) is 15.0 Å². The SMILES string of the molecule is Cn1cc(-c2cc3ncnc(-c4ccc5c(c4)CCCC5NC(=O)c4cnc(C(C)(C)C)s4)c3[nH]2)cn1. The van der Waals surface area contributed by atoms with Crippen LogP contribution in [0, 0.1) is 0 Å². The number of fused-ring (bicyclic) bond motifs is 2. The monoisotopic (exact) mass is 511 g/mol. The van der Waals surface area contributed by atoms with Gasteiger partial charge in [0, 0.05) is 29.8 Å². The number of H-pyrrole nitrogens is 1. The van der Waals surface area contributed by atoms with E-state index in [1.54, 1.807) is 17.2 Å². The van der Waals surface area contributed by atoms with Crippen LogP contribution in [-0.2, 0) is 18.9 Å². The molecule has 1 aliphatic carbocycles. The molecule has 1 unspecified atom stereocenters. The van der Waals surface area contributed by atoms with E-state index < -0.39 is 0 Å². The zero-order valence-corrected chi connectivity index (χ0v) is 22.2. The maximum Gasteiger partial charge on any atom is 0.263 e. The van der Waals surface area contributed by atoms with Crippen LogP contribution in [0.25, 0.3) is 33.5 Å². The molecule has 1 aliphatic rings. The summed E-state index contributed by atoms with van der Waals surface area (Å²) in [5.74, 6) is -0.0539. The van der Waals surface area contributed by atoms with Crippen LogP contribution in [0.4, 0.5) is 0 Å². The number of benzene rings is 1. The van der Waals surface area contributed by atoms with Gasteiger partial charge in [-0.2, -0.15) is 5.10 Å². The minimum Gasteiger partial charge on any atom is -0.351 e. The number of carbonyl (C=O) groups is 1. The van der Waals surface area contributed by atoms with Crippen molar-refractivity contribution in [1.82, 2.24) is 35.0 Å². The first-order valence-electron chi connectivity index (χ1n) is 12.5. The Morgan fingerprint density at radius 2 is 2.00 bits per heavy atom. The predicted octanol–water partition coefficient (Wildman–Crippen LogP) is 5.59. The minimum absolute atomic E-state index is 0.0152. The maximum absolute atomic E-state index is 13.1. The van der Waals surface area contributed by atoms with Crippen molar-refractivity contribution in [3.8, 4) is 22.5 Å². The second-order valence-corrected chi connectivity index (χ2v) is 11.7. The third kappa shape index (κ3) is 4.44. The molecule has 0 spiro atoms. The second kappa shape index (κ2) is 8.92. The number of amides is 1. The van der Waals surface area contributed by atoms with Crippen LogP contribution in [0.1, 0.15) is 65.5 Å². The number of hydrogen-bond acceptors (Lipinski definition) is 6. The zero-order chi connectivity index (χ0) is 25.7. The standard InChI is InChI=1S/C28H29N7OS/c1-28(2,3)27-29-13-23(37-27)26(36)34-20-7-5-6-16-10-17(8-9-19(16)20)24-25-22(30-15-31-24)11-21(33-25)18-12-32-35(4)14-18/h8-15,20,33H,5-7H2,1-4H3,(H,34,36). The average Bonchev–Trinajstić information content (AvgIpc) is 3.62. The minimum atomic E-state index is -0.0681. The van der Waals surface area contributed by atoms with Crippen molar-refractivity contribution in [1.29, 1.82) is 0 Å². The van der Waals surface area contributed by atoms with Gasteiger partial charge < -0.3 is 10.3 Å². The van der Waals surface area contributed by atoms with Gasteiger partial charge in [0.05, 0.1) is 45.9 Å². The maximum atomic E-state index is 13.1. The van der Waals surface area contributed by atoms with Crippen LogP contribution in [-0.4, -0.2) is 35.6 Å². The van der Waals surface area contributed by atoms with Crippen LogP contribution in [0.15, 0.2) is 49.2 Å². The lowest BCUT2D eigenvalue weighted by Crippen LogP contribution is -2.30. The van der Waals surface area contributed by atoms with Crippen molar-refractivity contribution in [2.24, 2.45) is 7.05 Å². The molecule has 6 rings (SSSR count). The first kappa shape index (κ1) is 23.5. The van der Waals surface area contributed by atoms with Gasteiger partial charge >= 0.3 is 0 Å². The van der Waals surface area contributed by atoms with Crippen molar-refractivity contribution < 1.29 is 4.79 Å². The molecule has 8 nitrogen and oxygen atoms in total. The van der Waals surface area contributed by atoms with E-state index in [2.05, 4.69) is 69.3 Å². The van der Waals surface area contributed by atoms with Gasteiger partial charge in [0.1, 0.15) is 11.2 Å². The molecule has 37 heavy (non-hydrogen) atoms. The number of rotatable bonds is 4. The van der Waals surface area contributed by atoms with E-state index in [0.717, 1.165) is 57.8 Å². The summed E-state index contributed by atoms with van der Waals surface area (Å²) in [7, 11) is 1.90. The summed E-state index contributed by atoms with van der Waals surface area (Å²) in [4.78, 5) is 30.8. The third-order valence-electron chi connectivity index (χ3n) is 6.84. The molecule has 4 aromatic heterocycles. The van der Waals surface area contributed by atoms with Crippen molar-refractivity contribution in [2.75, 3.05) is 0 Å². The number of aromatic amines is 1. The number of carbonyl (C=O) groups excluding carboxylic acids is 1. The zero-order valence-electron chi connectivity index (χ0n) is 21.4. The molecular formula is C28H29N7OS. The lowest BCUT2D eigenvalue weighted by molar-refractivity contribution is 0.0936. The molecule has 1 aromatic carbocycles. The Kier molecular flexibility index (Phi) is 5.67. The number of nitrogens with zero attached hydrogens (tertiary/aromatic N) is 5. The second-order valence-electron chi connectivity index (χ2n) is 10.7. The quantitative estimate of drug-likeness (QED) is 0.328. The summed E-state index contributed by atoms with van der Waals surface area (Å²) in [6.07, 6.45) is 10.0. The molecule has 2 N–H and O–H groups in total. The van der Waals surface area contributed by atoms with Crippen molar-refractivity contribution in [3.05, 3.63) is 70.2 Å². The molecule has 0 saturated heterocycles. The Hall–Kier alpha value is -3.85. The average molecular weight is 512 g/mol. The Labute approximate surface area is 219 Å². The lowest BCUT2D eigenvalue weighted by Gasteiger charge is -2.26. The number of aromatic nitrogens is 6. The highest BCUT2D eigenvalue weighted by molar-refractivity contribution is 7.13. The van der Waals surface area contributed by atoms with Crippen LogP contribution in [0.3, 0.4) is 0 Å². The molecule has 1 amide bonds. The molecule has 0 aliphatic heterocycles. The van der Waals surface area contributed by atoms with E-state index in [4.69, 9.17) is 0 Å². The van der Waals surface area contributed by atoms with Gasteiger partial charge in [-0.15, -0.1) is 11.3 Å². The molecule has 4 heterocycles. The van der Waals surface area contributed by atoms with Crippen LogP contribution < -0.4 is 5.32 Å². The van der Waals surface area contributed by atoms with Crippen LogP contribution >= 0.6 is 11.3 Å². The fourth-order valence-electron chi connectivity index (χ4n) is 4.94. The number of aryl methyl sites for hydroxylation is 2. The van der Waals surface area contributed by atoms with Crippen LogP contribution in [0.2, 0.25) is 0 Å². The summed E-state index contributed by atoms with van der Waals surface area (Å²) in [6.45, 7) is 6.34. The summed E-state index contributed by atoms with van der Waals surface area (Å²) in [6, 6.07) is 8.47. The summed E-state index contributed by atoms with van der Waals surface area (Å²) in [5.41, 5.74) is 8.00. The molecule has 5 aromatic rings. The normalized spacial score (nSPS) is 15.6. The van der Waals surface area contributed by atoms with E-state index in [9.17, 15) is 4.79 Å². The highest BCUT2D eigenvalue weighted by Crippen LogP contribution is 2.35. The first-order chi connectivity index (χ1) is 17.8. The number of nitrogens with one attached hydrogen (secondary N) is 2. The van der Waals surface area contributed by atoms with Crippen LogP contribution in [0.5, 0.6) is 0 Å².